The van der Waals surface area contributed by atoms with Gasteiger partial charge in [-0.2, -0.15) is 0 Å². The molecule has 0 radical (unpaired) electrons. The molecule has 1 N–H and O–H groups in total. The van der Waals surface area contributed by atoms with Crippen LogP contribution in [0.1, 0.15) is 45.4 Å². The highest BCUT2D eigenvalue weighted by Gasteiger charge is 2.34. The summed E-state index contributed by atoms with van der Waals surface area (Å²) >= 11 is 0. The Bertz CT molecular complexity index is 473. The van der Waals surface area contributed by atoms with Gasteiger partial charge in [0.1, 0.15) is 0 Å². The van der Waals surface area contributed by atoms with E-state index in [4.69, 9.17) is 0 Å². The topological polar surface area (TPSA) is 69.7 Å². The molecule has 1 saturated heterocycles. The molecule has 3 aliphatic rings. The molecule has 1 heterocycles. The summed E-state index contributed by atoms with van der Waals surface area (Å²) in [7, 11) is 0. The molecule has 0 bridgehead atoms. The van der Waals surface area contributed by atoms with Gasteiger partial charge in [-0.15, -0.1) is 0 Å². The highest BCUT2D eigenvalue weighted by atomic mass is 16.2. The number of piperazine rings is 1. The highest BCUT2D eigenvalue weighted by molar-refractivity contribution is 5.82. The van der Waals surface area contributed by atoms with Crippen molar-refractivity contribution in [3.8, 4) is 0 Å². The molecule has 2 saturated carbocycles. The van der Waals surface area contributed by atoms with Gasteiger partial charge in [0.25, 0.3) is 0 Å². The van der Waals surface area contributed by atoms with Crippen molar-refractivity contribution >= 4 is 17.7 Å². The van der Waals surface area contributed by atoms with Crippen molar-refractivity contribution in [1.82, 2.24) is 15.1 Å². The van der Waals surface area contributed by atoms with Crippen LogP contribution in [0, 0.1) is 11.8 Å². The van der Waals surface area contributed by atoms with Crippen molar-refractivity contribution in [2.24, 2.45) is 11.8 Å². The van der Waals surface area contributed by atoms with Gasteiger partial charge < -0.3 is 15.1 Å². The average molecular weight is 321 g/mol. The summed E-state index contributed by atoms with van der Waals surface area (Å²) in [4.78, 5) is 39.7. The minimum absolute atomic E-state index is 0.0591. The van der Waals surface area contributed by atoms with E-state index in [-0.39, 0.29) is 29.6 Å². The maximum atomic E-state index is 12.6. The Kier molecular flexibility index (Phi) is 4.87. The summed E-state index contributed by atoms with van der Waals surface area (Å²) in [5.74, 6) is 0.639. The fourth-order valence-corrected chi connectivity index (χ4v) is 3.65. The molecule has 0 aromatic rings. The van der Waals surface area contributed by atoms with E-state index >= 15 is 0 Å². The van der Waals surface area contributed by atoms with E-state index in [1.54, 1.807) is 11.8 Å². The molecule has 0 spiro atoms. The third-order valence-electron chi connectivity index (χ3n) is 5.41. The molecule has 128 valence electrons. The Balaban J connectivity index is 1.43. The molecule has 3 amide bonds. The molecular weight excluding hydrogens is 294 g/mol. The van der Waals surface area contributed by atoms with Crippen LogP contribution in [0.15, 0.2) is 0 Å². The second-order valence-electron chi connectivity index (χ2n) is 7.16. The van der Waals surface area contributed by atoms with E-state index in [2.05, 4.69) is 5.32 Å². The van der Waals surface area contributed by atoms with Crippen molar-refractivity contribution in [2.75, 3.05) is 26.2 Å². The van der Waals surface area contributed by atoms with Crippen LogP contribution in [0.3, 0.4) is 0 Å². The third kappa shape index (κ3) is 4.03. The summed E-state index contributed by atoms with van der Waals surface area (Å²) in [5.41, 5.74) is 0. The molecule has 0 unspecified atom stereocenters. The van der Waals surface area contributed by atoms with Gasteiger partial charge in [0.15, 0.2) is 0 Å². The van der Waals surface area contributed by atoms with Gasteiger partial charge in [-0.1, -0.05) is 0 Å². The van der Waals surface area contributed by atoms with Crippen molar-refractivity contribution in [3.63, 3.8) is 0 Å². The van der Waals surface area contributed by atoms with Gasteiger partial charge in [-0.3, -0.25) is 14.4 Å². The molecule has 23 heavy (non-hydrogen) atoms. The molecule has 0 atom stereocenters. The van der Waals surface area contributed by atoms with E-state index < -0.39 is 0 Å². The fraction of sp³-hybridized carbons (Fsp3) is 0.824. The molecular formula is C17H27N3O3. The molecule has 3 fully saturated rings. The lowest BCUT2D eigenvalue weighted by Crippen LogP contribution is -2.51. The first-order valence-corrected chi connectivity index (χ1v) is 8.89. The zero-order valence-corrected chi connectivity index (χ0v) is 13.9. The number of nitrogens with zero attached hydrogens (tertiary/aromatic N) is 2. The second kappa shape index (κ2) is 6.89. The van der Waals surface area contributed by atoms with Crippen LogP contribution in [0.2, 0.25) is 0 Å². The number of nitrogens with one attached hydrogen (secondary N) is 1. The summed E-state index contributed by atoms with van der Waals surface area (Å²) in [6, 6.07) is 0.416. The molecule has 6 nitrogen and oxygen atoms in total. The maximum Gasteiger partial charge on any atom is 0.225 e. The van der Waals surface area contributed by atoms with Gasteiger partial charge in [0, 0.05) is 51.0 Å². The lowest BCUT2D eigenvalue weighted by Gasteiger charge is -2.37. The van der Waals surface area contributed by atoms with E-state index in [1.165, 1.54) is 0 Å². The normalized spacial score (nSPS) is 28.4. The first-order chi connectivity index (χ1) is 11.0. The van der Waals surface area contributed by atoms with Crippen LogP contribution in [-0.4, -0.2) is 59.7 Å². The van der Waals surface area contributed by atoms with Gasteiger partial charge in [-0.25, -0.2) is 0 Å². The van der Waals surface area contributed by atoms with Crippen LogP contribution < -0.4 is 5.32 Å². The number of hydrogen-bond acceptors (Lipinski definition) is 3. The van der Waals surface area contributed by atoms with Crippen molar-refractivity contribution in [2.45, 2.75) is 51.5 Å². The molecule has 0 aromatic heterocycles. The van der Waals surface area contributed by atoms with Crippen molar-refractivity contribution < 1.29 is 14.4 Å². The number of hydrogen-bond donors (Lipinski definition) is 1. The molecule has 2 aliphatic carbocycles. The van der Waals surface area contributed by atoms with Crippen LogP contribution in [0.4, 0.5) is 0 Å². The lowest BCUT2D eigenvalue weighted by molar-refractivity contribution is -0.143. The zero-order chi connectivity index (χ0) is 16.4. The summed E-state index contributed by atoms with van der Waals surface area (Å²) in [6.07, 6.45) is 5.51. The number of amides is 3. The Hall–Kier alpha value is -1.59. The minimum atomic E-state index is 0.0591. The first kappa shape index (κ1) is 16.3. The highest BCUT2D eigenvalue weighted by Crippen LogP contribution is 2.31. The Morgan fingerprint density at radius 3 is 1.83 bits per heavy atom. The van der Waals surface area contributed by atoms with E-state index in [0.29, 0.717) is 32.2 Å². The summed E-state index contributed by atoms with van der Waals surface area (Å²) in [5, 5.41) is 3.07. The lowest BCUT2D eigenvalue weighted by atomic mass is 9.81. The van der Waals surface area contributed by atoms with Gasteiger partial charge in [0.2, 0.25) is 17.7 Å². The zero-order valence-electron chi connectivity index (χ0n) is 13.9. The maximum absolute atomic E-state index is 12.6. The van der Waals surface area contributed by atoms with Crippen molar-refractivity contribution in [1.29, 1.82) is 0 Å². The second-order valence-corrected chi connectivity index (χ2v) is 7.16. The number of carbonyl (C=O) groups excluding carboxylic acids is 3. The predicted molar refractivity (Wildman–Crippen MR) is 85.4 cm³/mol. The average Bonchev–Trinajstić information content (AvgIpc) is 3.38. The van der Waals surface area contributed by atoms with Crippen LogP contribution in [0.25, 0.3) is 0 Å². The minimum Gasteiger partial charge on any atom is -0.353 e. The van der Waals surface area contributed by atoms with Crippen molar-refractivity contribution in [3.05, 3.63) is 0 Å². The van der Waals surface area contributed by atoms with Gasteiger partial charge in [-0.05, 0) is 38.5 Å². The Morgan fingerprint density at radius 1 is 0.783 bits per heavy atom. The standard InChI is InChI=1S/C17H27N3O3/c1-12(21)19-8-10-20(11-9-19)17(23)14-4-2-13(3-5-14)16(22)18-15-6-7-15/h13-15H,2-11H2,1H3,(H,18,22). The third-order valence-corrected chi connectivity index (χ3v) is 5.41. The number of carbonyl (C=O) groups is 3. The van der Waals surface area contributed by atoms with Crippen LogP contribution >= 0.6 is 0 Å². The van der Waals surface area contributed by atoms with Gasteiger partial charge >= 0.3 is 0 Å². The fourth-order valence-electron chi connectivity index (χ4n) is 3.65. The monoisotopic (exact) mass is 321 g/mol. The predicted octanol–water partition coefficient (Wildman–Crippen LogP) is 0.762. The largest absolute Gasteiger partial charge is 0.353 e. The van der Waals surface area contributed by atoms with E-state index in [0.717, 1.165) is 38.5 Å². The van der Waals surface area contributed by atoms with E-state index in [9.17, 15) is 14.4 Å². The number of rotatable bonds is 3. The van der Waals surface area contributed by atoms with Crippen LogP contribution in [0.5, 0.6) is 0 Å². The quantitative estimate of drug-likeness (QED) is 0.834. The van der Waals surface area contributed by atoms with E-state index in [1.807, 2.05) is 4.90 Å². The SMILES string of the molecule is CC(=O)N1CCN(C(=O)C2CCC(C(=O)NC3CC3)CC2)CC1. The Labute approximate surface area is 137 Å². The first-order valence-electron chi connectivity index (χ1n) is 8.89. The molecule has 1 aliphatic heterocycles. The Morgan fingerprint density at radius 2 is 1.30 bits per heavy atom. The molecule has 6 heteroatoms. The smallest absolute Gasteiger partial charge is 0.225 e. The summed E-state index contributed by atoms with van der Waals surface area (Å²) in [6.45, 7) is 4.13. The van der Waals surface area contributed by atoms with Gasteiger partial charge in [0.05, 0.1) is 0 Å². The summed E-state index contributed by atoms with van der Waals surface area (Å²) < 4.78 is 0. The van der Waals surface area contributed by atoms with Crippen LogP contribution in [-0.2, 0) is 14.4 Å². The molecule has 3 rings (SSSR count). The molecule has 0 aromatic carbocycles.